The van der Waals surface area contributed by atoms with Crippen LogP contribution in [-0.4, -0.2) is 11.8 Å². The number of aryl methyl sites for hydroxylation is 4. The lowest BCUT2D eigenvalue weighted by Gasteiger charge is -2.43. The fraction of sp³-hybridized carbons (Fsp3) is 0.385. The minimum absolute atomic E-state index is 0.0578. The molecule has 0 spiro atoms. The maximum absolute atomic E-state index is 13.3. The Morgan fingerprint density at radius 2 is 1.07 bits per heavy atom. The van der Waals surface area contributed by atoms with Gasteiger partial charge < -0.3 is 10.6 Å². The second kappa shape index (κ2) is 8.10. The maximum atomic E-state index is 13.3. The second-order valence-electron chi connectivity index (χ2n) is 8.92. The molecule has 0 saturated heterocycles. The van der Waals surface area contributed by atoms with Crippen molar-refractivity contribution in [2.24, 2.45) is 23.7 Å². The number of carbonyl (C=O) groups excluding carboxylic acids is 2. The van der Waals surface area contributed by atoms with Crippen molar-refractivity contribution in [3.05, 3.63) is 70.8 Å². The smallest absolute Gasteiger partial charge is 0.228 e. The molecule has 0 unspecified atom stereocenters. The van der Waals surface area contributed by atoms with Crippen LogP contribution in [0.4, 0.5) is 11.4 Å². The molecule has 4 heteroatoms. The number of nitrogens with one attached hydrogen (secondary N) is 2. The first-order valence-corrected chi connectivity index (χ1v) is 10.8. The third-order valence-corrected chi connectivity index (χ3v) is 6.90. The van der Waals surface area contributed by atoms with Gasteiger partial charge in [0.05, 0.1) is 11.8 Å². The largest absolute Gasteiger partial charge is 0.326 e. The van der Waals surface area contributed by atoms with E-state index in [9.17, 15) is 9.59 Å². The number of hydrogen-bond donors (Lipinski definition) is 2. The van der Waals surface area contributed by atoms with Crippen LogP contribution in [-0.2, 0) is 9.59 Å². The molecule has 1 saturated carbocycles. The fourth-order valence-electron chi connectivity index (χ4n) is 4.80. The van der Waals surface area contributed by atoms with Crippen molar-refractivity contribution < 1.29 is 9.59 Å². The molecule has 2 bridgehead atoms. The zero-order valence-electron chi connectivity index (χ0n) is 18.2. The van der Waals surface area contributed by atoms with E-state index in [0.717, 1.165) is 35.3 Å². The van der Waals surface area contributed by atoms with Gasteiger partial charge in [0.2, 0.25) is 11.8 Å². The molecule has 0 heterocycles. The highest BCUT2D eigenvalue weighted by molar-refractivity contribution is 6.00. The molecule has 2 amide bonds. The SMILES string of the molecule is Cc1ccc(NC(=O)[C@@H]2[C@H](C(=O)Nc3ccc(C)c(C)c3)[C@@H]3C=C[C@@H]2CC3)cc1C. The Labute approximate surface area is 178 Å². The van der Waals surface area contributed by atoms with Crippen LogP contribution in [0.2, 0.25) is 0 Å². The number of hydrogen-bond acceptors (Lipinski definition) is 2. The molecule has 1 fully saturated rings. The van der Waals surface area contributed by atoms with Crippen LogP contribution in [0.5, 0.6) is 0 Å². The summed E-state index contributed by atoms with van der Waals surface area (Å²) in [4.78, 5) is 26.6. The standard InChI is InChI=1S/C26H30N2O2/c1-15-5-11-21(13-17(15)3)27-25(29)23-19-7-9-20(10-8-19)24(23)26(30)28-22-12-6-16(2)18(4)14-22/h5-7,9,11-14,19-20,23-24H,8,10H2,1-4H3,(H,27,29)(H,28,30)/t19-,20-,23-,24+/m1/s1. The van der Waals surface area contributed by atoms with Crippen LogP contribution >= 0.6 is 0 Å². The highest BCUT2D eigenvalue weighted by Crippen LogP contribution is 2.45. The van der Waals surface area contributed by atoms with E-state index in [1.165, 1.54) is 11.1 Å². The van der Waals surface area contributed by atoms with Crippen molar-refractivity contribution in [2.45, 2.75) is 40.5 Å². The van der Waals surface area contributed by atoms with Gasteiger partial charge in [0, 0.05) is 11.4 Å². The summed E-state index contributed by atoms with van der Waals surface area (Å²) in [5, 5.41) is 6.15. The van der Waals surface area contributed by atoms with E-state index in [4.69, 9.17) is 0 Å². The molecule has 2 N–H and O–H groups in total. The number of allylic oxidation sites excluding steroid dienone is 2. The first-order chi connectivity index (χ1) is 14.3. The van der Waals surface area contributed by atoms with E-state index in [-0.39, 0.29) is 35.5 Å². The van der Waals surface area contributed by atoms with Crippen molar-refractivity contribution in [3.8, 4) is 0 Å². The summed E-state index contributed by atoms with van der Waals surface area (Å²) in [6.45, 7) is 8.18. The van der Waals surface area contributed by atoms with E-state index in [1.54, 1.807) is 0 Å². The van der Waals surface area contributed by atoms with Crippen LogP contribution in [0.3, 0.4) is 0 Å². The Morgan fingerprint density at radius 1 is 0.667 bits per heavy atom. The molecule has 30 heavy (non-hydrogen) atoms. The number of rotatable bonds is 4. The highest BCUT2D eigenvalue weighted by Gasteiger charge is 2.48. The van der Waals surface area contributed by atoms with Crippen LogP contribution in [0.25, 0.3) is 0 Å². The van der Waals surface area contributed by atoms with Gasteiger partial charge in [-0.2, -0.15) is 0 Å². The molecular weight excluding hydrogens is 372 g/mol. The number of amides is 2. The zero-order chi connectivity index (χ0) is 21.4. The van der Waals surface area contributed by atoms with Crippen LogP contribution in [0.1, 0.15) is 35.1 Å². The van der Waals surface area contributed by atoms with E-state index in [2.05, 4.69) is 36.6 Å². The van der Waals surface area contributed by atoms with E-state index in [0.29, 0.717) is 0 Å². The van der Waals surface area contributed by atoms with Gasteiger partial charge in [0.15, 0.2) is 0 Å². The van der Waals surface area contributed by atoms with Crippen molar-refractivity contribution in [2.75, 3.05) is 10.6 Å². The third kappa shape index (κ3) is 3.91. The van der Waals surface area contributed by atoms with Gasteiger partial charge in [-0.05, 0) is 98.9 Å². The van der Waals surface area contributed by atoms with Gasteiger partial charge in [0.1, 0.15) is 0 Å². The minimum Gasteiger partial charge on any atom is -0.326 e. The number of carbonyl (C=O) groups is 2. The average Bonchev–Trinajstić information content (AvgIpc) is 2.73. The lowest BCUT2D eigenvalue weighted by Crippen LogP contribution is -2.48. The molecule has 0 radical (unpaired) electrons. The molecule has 2 aromatic rings. The topological polar surface area (TPSA) is 58.2 Å². The van der Waals surface area contributed by atoms with Crippen LogP contribution < -0.4 is 10.6 Å². The molecule has 2 aromatic carbocycles. The van der Waals surface area contributed by atoms with Crippen molar-refractivity contribution in [1.29, 1.82) is 0 Å². The predicted molar refractivity (Wildman–Crippen MR) is 121 cm³/mol. The first-order valence-electron chi connectivity index (χ1n) is 10.8. The van der Waals surface area contributed by atoms with Gasteiger partial charge in [0.25, 0.3) is 0 Å². The van der Waals surface area contributed by atoms with Crippen molar-refractivity contribution in [1.82, 2.24) is 0 Å². The Morgan fingerprint density at radius 3 is 1.40 bits per heavy atom. The normalized spacial score (nSPS) is 24.5. The lowest BCUT2D eigenvalue weighted by atomic mass is 9.61. The van der Waals surface area contributed by atoms with E-state index >= 15 is 0 Å². The Balaban J connectivity index is 1.56. The summed E-state index contributed by atoms with van der Waals surface area (Å²) in [6, 6.07) is 11.9. The van der Waals surface area contributed by atoms with Gasteiger partial charge in [-0.1, -0.05) is 24.3 Å². The maximum Gasteiger partial charge on any atom is 0.228 e. The monoisotopic (exact) mass is 402 g/mol. The summed E-state index contributed by atoms with van der Waals surface area (Å²) in [6.07, 6.45) is 6.19. The quantitative estimate of drug-likeness (QED) is 0.680. The highest BCUT2D eigenvalue weighted by atomic mass is 16.2. The molecular formula is C26H30N2O2. The van der Waals surface area contributed by atoms with Gasteiger partial charge >= 0.3 is 0 Å². The van der Waals surface area contributed by atoms with E-state index < -0.39 is 0 Å². The first kappa shape index (κ1) is 20.4. The second-order valence-corrected chi connectivity index (χ2v) is 8.92. The number of anilines is 2. The zero-order valence-corrected chi connectivity index (χ0v) is 18.2. The van der Waals surface area contributed by atoms with Crippen LogP contribution in [0, 0.1) is 51.4 Å². The molecule has 3 aliphatic rings. The summed E-state index contributed by atoms with van der Waals surface area (Å²) < 4.78 is 0. The number of fused-ring (bicyclic) bond motifs is 2. The fourth-order valence-corrected chi connectivity index (χ4v) is 4.80. The Bertz CT molecular complexity index is 942. The van der Waals surface area contributed by atoms with Gasteiger partial charge in [-0.25, -0.2) is 0 Å². The molecule has 0 aromatic heterocycles. The van der Waals surface area contributed by atoms with Crippen molar-refractivity contribution in [3.63, 3.8) is 0 Å². The van der Waals surface area contributed by atoms with E-state index in [1.807, 2.05) is 50.2 Å². The molecule has 3 aliphatic carbocycles. The van der Waals surface area contributed by atoms with Crippen molar-refractivity contribution >= 4 is 23.2 Å². The summed E-state index contributed by atoms with van der Waals surface area (Å²) in [5.74, 6) is -0.590. The lowest BCUT2D eigenvalue weighted by molar-refractivity contribution is -0.134. The molecule has 4 atom stereocenters. The molecule has 5 rings (SSSR count). The van der Waals surface area contributed by atoms with Crippen LogP contribution in [0.15, 0.2) is 48.6 Å². The third-order valence-electron chi connectivity index (χ3n) is 6.90. The summed E-state index contributed by atoms with van der Waals surface area (Å²) in [7, 11) is 0. The number of benzene rings is 2. The molecule has 156 valence electrons. The van der Waals surface area contributed by atoms with Gasteiger partial charge in [-0.15, -0.1) is 0 Å². The minimum atomic E-state index is -0.345. The average molecular weight is 403 g/mol. The summed E-state index contributed by atoms with van der Waals surface area (Å²) in [5.41, 5.74) is 6.25. The molecule has 4 nitrogen and oxygen atoms in total. The van der Waals surface area contributed by atoms with Gasteiger partial charge in [-0.3, -0.25) is 9.59 Å². The Kier molecular flexibility index (Phi) is 5.50. The molecule has 0 aliphatic heterocycles. The Hall–Kier alpha value is -2.88. The summed E-state index contributed by atoms with van der Waals surface area (Å²) >= 11 is 0. The predicted octanol–water partition coefficient (Wildman–Crippen LogP) is 5.33.